The molecule has 0 saturated carbocycles. The lowest BCUT2D eigenvalue weighted by Gasteiger charge is -2.03. The average Bonchev–Trinajstić information content (AvgIpc) is 2.27. The van der Waals surface area contributed by atoms with E-state index in [0.717, 1.165) is 32.1 Å². The molecule has 0 aromatic rings. The Labute approximate surface area is 120 Å². The predicted octanol–water partition coefficient (Wildman–Crippen LogP) is 5.57. The van der Waals surface area contributed by atoms with Crippen LogP contribution in [0.2, 0.25) is 0 Å². The smallest absolute Gasteiger partial charge is 0.0515 e. The van der Waals surface area contributed by atoms with Crippen molar-refractivity contribution in [2.45, 2.75) is 79.2 Å². The Morgan fingerprint density at radius 2 is 1.32 bits per heavy atom. The maximum atomic E-state index is 9.19. The molecule has 0 saturated heterocycles. The molecule has 0 aromatic carbocycles. The SMILES string of the molecule is CC(C)=CCC/C(C)=C\CC/C(C)=C/CC[C@@H](C)O. The summed E-state index contributed by atoms with van der Waals surface area (Å²) in [5, 5.41) is 9.19. The van der Waals surface area contributed by atoms with E-state index in [-0.39, 0.29) is 6.10 Å². The summed E-state index contributed by atoms with van der Waals surface area (Å²) >= 11 is 0. The monoisotopic (exact) mass is 264 g/mol. The van der Waals surface area contributed by atoms with Crippen LogP contribution in [-0.2, 0) is 0 Å². The maximum absolute atomic E-state index is 9.19. The molecule has 0 bridgehead atoms. The molecule has 1 atom stereocenters. The molecule has 19 heavy (non-hydrogen) atoms. The molecule has 0 amide bonds. The number of hydrogen-bond donors (Lipinski definition) is 1. The van der Waals surface area contributed by atoms with Gasteiger partial charge in [-0.05, 0) is 73.1 Å². The summed E-state index contributed by atoms with van der Waals surface area (Å²) in [5.41, 5.74) is 4.34. The molecule has 0 aromatic heterocycles. The molecular weight excluding hydrogens is 232 g/mol. The topological polar surface area (TPSA) is 20.2 Å². The van der Waals surface area contributed by atoms with Crippen LogP contribution in [0.1, 0.15) is 73.1 Å². The van der Waals surface area contributed by atoms with E-state index < -0.39 is 0 Å². The van der Waals surface area contributed by atoms with Crippen LogP contribution in [0.15, 0.2) is 34.9 Å². The van der Waals surface area contributed by atoms with Crippen LogP contribution in [0.3, 0.4) is 0 Å². The van der Waals surface area contributed by atoms with Gasteiger partial charge in [0.2, 0.25) is 0 Å². The third-order valence-corrected chi connectivity index (χ3v) is 3.20. The summed E-state index contributed by atoms with van der Waals surface area (Å²) in [4.78, 5) is 0. The van der Waals surface area contributed by atoms with E-state index in [1.165, 1.54) is 23.1 Å². The Morgan fingerprint density at radius 3 is 1.79 bits per heavy atom. The molecule has 0 fully saturated rings. The first-order valence-corrected chi connectivity index (χ1v) is 7.54. The average molecular weight is 264 g/mol. The van der Waals surface area contributed by atoms with Crippen LogP contribution >= 0.6 is 0 Å². The minimum Gasteiger partial charge on any atom is -0.393 e. The molecule has 0 rings (SSSR count). The molecule has 1 N–H and O–H groups in total. The fraction of sp³-hybridized carbons (Fsp3) is 0.667. The predicted molar refractivity (Wildman–Crippen MR) is 86.3 cm³/mol. The van der Waals surface area contributed by atoms with Gasteiger partial charge in [0, 0.05) is 0 Å². The number of rotatable bonds is 9. The second kappa shape index (κ2) is 11.0. The van der Waals surface area contributed by atoms with Crippen molar-refractivity contribution < 1.29 is 5.11 Å². The van der Waals surface area contributed by atoms with Crippen LogP contribution in [0.5, 0.6) is 0 Å². The molecule has 0 spiro atoms. The number of aliphatic hydroxyl groups is 1. The van der Waals surface area contributed by atoms with Crippen molar-refractivity contribution in [2.75, 3.05) is 0 Å². The van der Waals surface area contributed by atoms with Crippen molar-refractivity contribution in [2.24, 2.45) is 0 Å². The summed E-state index contributed by atoms with van der Waals surface area (Å²) in [7, 11) is 0. The molecule has 0 unspecified atom stereocenters. The van der Waals surface area contributed by atoms with Gasteiger partial charge in [0.25, 0.3) is 0 Å². The fourth-order valence-electron chi connectivity index (χ4n) is 1.91. The first-order valence-electron chi connectivity index (χ1n) is 7.54. The van der Waals surface area contributed by atoms with Gasteiger partial charge in [0.15, 0.2) is 0 Å². The van der Waals surface area contributed by atoms with Gasteiger partial charge in [-0.1, -0.05) is 34.9 Å². The summed E-state index contributed by atoms with van der Waals surface area (Å²) in [6.07, 6.45) is 13.2. The van der Waals surface area contributed by atoms with E-state index >= 15 is 0 Å². The Bertz CT molecular complexity index is 315. The van der Waals surface area contributed by atoms with Gasteiger partial charge in [-0.2, -0.15) is 0 Å². The highest BCUT2D eigenvalue weighted by Gasteiger charge is 1.94. The van der Waals surface area contributed by atoms with Crippen molar-refractivity contribution in [1.29, 1.82) is 0 Å². The quantitative estimate of drug-likeness (QED) is 0.540. The van der Waals surface area contributed by atoms with Gasteiger partial charge in [-0.25, -0.2) is 0 Å². The molecule has 1 heteroatoms. The van der Waals surface area contributed by atoms with E-state index in [9.17, 15) is 5.11 Å². The molecule has 1 nitrogen and oxygen atoms in total. The standard InChI is InChI=1S/C18H32O/c1-15(2)9-6-10-16(3)11-7-12-17(4)13-8-14-18(5)19/h9,11,13,18-19H,6-8,10,12,14H2,1-5H3/b16-11-,17-13+/t18-/m1/s1. The fourth-order valence-corrected chi connectivity index (χ4v) is 1.91. The highest BCUT2D eigenvalue weighted by Crippen LogP contribution is 2.12. The van der Waals surface area contributed by atoms with E-state index in [4.69, 9.17) is 0 Å². The van der Waals surface area contributed by atoms with Gasteiger partial charge in [-0.15, -0.1) is 0 Å². The second-order valence-corrected chi connectivity index (χ2v) is 5.89. The Kier molecular flexibility index (Phi) is 10.6. The van der Waals surface area contributed by atoms with Crippen molar-refractivity contribution in [3.63, 3.8) is 0 Å². The Balaban J connectivity index is 3.83. The molecule has 0 aliphatic heterocycles. The van der Waals surface area contributed by atoms with Gasteiger partial charge >= 0.3 is 0 Å². The summed E-state index contributed by atoms with van der Waals surface area (Å²) in [6.45, 7) is 10.6. The first kappa shape index (κ1) is 18.2. The zero-order valence-corrected chi connectivity index (χ0v) is 13.5. The minimum absolute atomic E-state index is 0.179. The van der Waals surface area contributed by atoms with Crippen LogP contribution in [0.25, 0.3) is 0 Å². The lowest BCUT2D eigenvalue weighted by Crippen LogP contribution is -1.97. The zero-order valence-electron chi connectivity index (χ0n) is 13.5. The Morgan fingerprint density at radius 1 is 0.842 bits per heavy atom. The number of hydrogen-bond acceptors (Lipinski definition) is 1. The number of allylic oxidation sites excluding steroid dienone is 6. The zero-order chi connectivity index (χ0) is 14.7. The Hall–Kier alpha value is -0.820. The summed E-state index contributed by atoms with van der Waals surface area (Å²) < 4.78 is 0. The third kappa shape index (κ3) is 13.4. The first-order chi connectivity index (χ1) is 8.91. The molecule has 0 radical (unpaired) electrons. The lowest BCUT2D eigenvalue weighted by atomic mass is 10.1. The van der Waals surface area contributed by atoms with E-state index in [2.05, 4.69) is 45.9 Å². The van der Waals surface area contributed by atoms with Crippen LogP contribution in [0, 0.1) is 0 Å². The molecular formula is C18H32O. The molecule has 110 valence electrons. The van der Waals surface area contributed by atoms with Gasteiger partial charge in [-0.3, -0.25) is 0 Å². The van der Waals surface area contributed by atoms with Crippen LogP contribution in [-0.4, -0.2) is 11.2 Å². The van der Waals surface area contributed by atoms with E-state index in [1.807, 2.05) is 6.92 Å². The van der Waals surface area contributed by atoms with Crippen LogP contribution in [0.4, 0.5) is 0 Å². The largest absolute Gasteiger partial charge is 0.393 e. The summed E-state index contributed by atoms with van der Waals surface area (Å²) in [6, 6.07) is 0. The van der Waals surface area contributed by atoms with Crippen molar-refractivity contribution in [3.05, 3.63) is 34.9 Å². The highest BCUT2D eigenvalue weighted by molar-refractivity contribution is 5.05. The highest BCUT2D eigenvalue weighted by atomic mass is 16.3. The van der Waals surface area contributed by atoms with Gasteiger partial charge < -0.3 is 5.11 Å². The second-order valence-electron chi connectivity index (χ2n) is 5.89. The number of aliphatic hydroxyl groups excluding tert-OH is 1. The van der Waals surface area contributed by atoms with Crippen molar-refractivity contribution in [3.8, 4) is 0 Å². The lowest BCUT2D eigenvalue weighted by molar-refractivity contribution is 0.186. The van der Waals surface area contributed by atoms with E-state index in [0.29, 0.717) is 0 Å². The van der Waals surface area contributed by atoms with Gasteiger partial charge in [0.1, 0.15) is 0 Å². The minimum atomic E-state index is -0.179. The van der Waals surface area contributed by atoms with Crippen LogP contribution < -0.4 is 0 Å². The normalized spacial score (nSPS) is 14.4. The molecule has 0 heterocycles. The van der Waals surface area contributed by atoms with E-state index in [1.54, 1.807) is 0 Å². The van der Waals surface area contributed by atoms with Gasteiger partial charge in [0.05, 0.1) is 6.10 Å². The summed E-state index contributed by atoms with van der Waals surface area (Å²) in [5.74, 6) is 0. The molecule has 0 aliphatic rings. The third-order valence-electron chi connectivity index (χ3n) is 3.20. The maximum Gasteiger partial charge on any atom is 0.0515 e. The van der Waals surface area contributed by atoms with Crippen molar-refractivity contribution >= 4 is 0 Å². The molecule has 0 aliphatic carbocycles. The van der Waals surface area contributed by atoms with Crippen molar-refractivity contribution in [1.82, 2.24) is 0 Å².